The molecule has 1 aromatic heterocycles. The highest BCUT2D eigenvalue weighted by Gasteiger charge is 2.22. The molecule has 0 saturated heterocycles. The van der Waals surface area contributed by atoms with Gasteiger partial charge in [-0.2, -0.15) is 0 Å². The van der Waals surface area contributed by atoms with E-state index in [-0.39, 0.29) is 18.1 Å². The lowest BCUT2D eigenvalue weighted by Gasteiger charge is -2.27. The Kier molecular flexibility index (Phi) is 4.36. The Balaban J connectivity index is 2.43. The minimum absolute atomic E-state index is 0.0408. The molecular weight excluding hydrogens is 190 g/mol. The minimum atomic E-state index is -0.0408. The SMILES string of the molecule is CCC(C)(CO)CNC(C)c1ccco1. The van der Waals surface area contributed by atoms with Gasteiger partial charge in [0.05, 0.1) is 12.3 Å². The molecule has 1 heterocycles. The van der Waals surface area contributed by atoms with Crippen molar-refractivity contribution in [3.05, 3.63) is 24.2 Å². The predicted molar refractivity (Wildman–Crippen MR) is 60.6 cm³/mol. The van der Waals surface area contributed by atoms with Gasteiger partial charge < -0.3 is 14.8 Å². The number of nitrogens with one attached hydrogen (secondary N) is 1. The van der Waals surface area contributed by atoms with E-state index in [1.807, 2.05) is 12.1 Å². The quantitative estimate of drug-likeness (QED) is 0.759. The number of aliphatic hydroxyl groups excluding tert-OH is 1. The third kappa shape index (κ3) is 3.36. The second kappa shape index (κ2) is 5.33. The Morgan fingerprint density at radius 1 is 1.60 bits per heavy atom. The monoisotopic (exact) mass is 211 g/mol. The van der Waals surface area contributed by atoms with Gasteiger partial charge in [-0.3, -0.25) is 0 Å². The standard InChI is InChI=1S/C12H21NO2/c1-4-12(3,9-14)8-13-10(2)11-6-5-7-15-11/h5-7,10,13-14H,4,8-9H2,1-3H3. The van der Waals surface area contributed by atoms with Crippen molar-refractivity contribution in [2.24, 2.45) is 5.41 Å². The van der Waals surface area contributed by atoms with Crippen LogP contribution in [0.15, 0.2) is 22.8 Å². The van der Waals surface area contributed by atoms with Crippen LogP contribution in [0.4, 0.5) is 0 Å². The maximum absolute atomic E-state index is 9.27. The summed E-state index contributed by atoms with van der Waals surface area (Å²) in [7, 11) is 0. The lowest BCUT2D eigenvalue weighted by Crippen LogP contribution is -2.35. The molecule has 2 N–H and O–H groups in total. The molecule has 0 aliphatic rings. The molecule has 0 aromatic carbocycles. The van der Waals surface area contributed by atoms with Crippen molar-refractivity contribution in [2.75, 3.05) is 13.2 Å². The summed E-state index contributed by atoms with van der Waals surface area (Å²) in [6, 6.07) is 4.04. The van der Waals surface area contributed by atoms with Crippen LogP contribution < -0.4 is 5.32 Å². The molecule has 0 bridgehead atoms. The van der Waals surface area contributed by atoms with Gasteiger partial charge in [-0.25, -0.2) is 0 Å². The third-order valence-corrected chi connectivity index (χ3v) is 3.04. The van der Waals surface area contributed by atoms with Crippen molar-refractivity contribution in [2.45, 2.75) is 33.2 Å². The first-order valence-corrected chi connectivity index (χ1v) is 5.49. The fraction of sp³-hybridized carbons (Fsp3) is 0.667. The van der Waals surface area contributed by atoms with Crippen molar-refractivity contribution in [1.82, 2.24) is 5.32 Å². The molecular formula is C12H21NO2. The number of hydrogen-bond donors (Lipinski definition) is 2. The van der Waals surface area contributed by atoms with Crippen molar-refractivity contribution in [3.8, 4) is 0 Å². The van der Waals surface area contributed by atoms with E-state index >= 15 is 0 Å². The van der Waals surface area contributed by atoms with E-state index < -0.39 is 0 Å². The van der Waals surface area contributed by atoms with Crippen LogP contribution >= 0.6 is 0 Å². The van der Waals surface area contributed by atoms with Gasteiger partial charge in [0.2, 0.25) is 0 Å². The number of furan rings is 1. The molecule has 0 aliphatic heterocycles. The average Bonchev–Trinajstić information content (AvgIpc) is 2.79. The van der Waals surface area contributed by atoms with Crippen LogP contribution in [-0.2, 0) is 0 Å². The van der Waals surface area contributed by atoms with Crippen LogP contribution in [0.25, 0.3) is 0 Å². The van der Waals surface area contributed by atoms with Crippen LogP contribution in [0.3, 0.4) is 0 Å². The Labute approximate surface area is 91.5 Å². The fourth-order valence-electron chi connectivity index (χ4n) is 1.33. The fourth-order valence-corrected chi connectivity index (χ4v) is 1.33. The van der Waals surface area contributed by atoms with Gasteiger partial charge in [-0.1, -0.05) is 13.8 Å². The van der Waals surface area contributed by atoms with E-state index in [4.69, 9.17) is 4.42 Å². The van der Waals surface area contributed by atoms with Crippen molar-refractivity contribution in [3.63, 3.8) is 0 Å². The van der Waals surface area contributed by atoms with Gasteiger partial charge in [-0.05, 0) is 25.5 Å². The zero-order chi connectivity index (χ0) is 11.3. The van der Waals surface area contributed by atoms with Gasteiger partial charge in [-0.15, -0.1) is 0 Å². The van der Waals surface area contributed by atoms with Crippen molar-refractivity contribution >= 4 is 0 Å². The van der Waals surface area contributed by atoms with E-state index in [0.29, 0.717) is 0 Å². The molecule has 1 aromatic rings. The summed E-state index contributed by atoms with van der Waals surface area (Å²) >= 11 is 0. The minimum Gasteiger partial charge on any atom is -0.468 e. The predicted octanol–water partition coefficient (Wildman–Crippen LogP) is 2.34. The third-order valence-electron chi connectivity index (χ3n) is 3.04. The molecule has 0 radical (unpaired) electrons. The zero-order valence-corrected chi connectivity index (χ0v) is 9.79. The van der Waals surface area contributed by atoms with E-state index in [9.17, 15) is 5.11 Å². The number of rotatable bonds is 6. The van der Waals surface area contributed by atoms with Crippen LogP contribution in [0.5, 0.6) is 0 Å². The summed E-state index contributed by atoms with van der Waals surface area (Å²) in [5.74, 6) is 0.936. The first-order valence-electron chi connectivity index (χ1n) is 5.49. The van der Waals surface area contributed by atoms with E-state index in [2.05, 4.69) is 26.1 Å². The molecule has 0 saturated carbocycles. The summed E-state index contributed by atoms with van der Waals surface area (Å²) in [4.78, 5) is 0. The summed E-state index contributed by atoms with van der Waals surface area (Å²) in [6.45, 7) is 7.24. The highest BCUT2D eigenvalue weighted by Crippen LogP contribution is 2.21. The summed E-state index contributed by atoms with van der Waals surface area (Å²) in [6.07, 6.45) is 2.64. The van der Waals surface area contributed by atoms with Gasteiger partial charge >= 0.3 is 0 Å². The van der Waals surface area contributed by atoms with E-state index in [1.165, 1.54) is 0 Å². The Morgan fingerprint density at radius 2 is 2.33 bits per heavy atom. The van der Waals surface area contributed by atoms with Gasteiger partial charge in [0.15, 0.2) is 0 Å². The van der Waals surface area contributed by atoms with Gasteiger partial charge in [0, 0.05) is 18.6 Å². The van der Waals surface area contributed by atoms with Gasteiger partial charge in [0.1, 0.15) is 5.76 Å². The Hall–Kier alpha value is -0.800. The molecule has 0 amide bonds. The molecule has 0 aliphatic carbocycles. The molecule has 3 heteroatoms. The van der Waals surface area contributed by atoms with Crippen molar-refractivity contribution in [1.29, 1.82) is 0 Å². The Morgan fingerprint density at radius 3 is 2.80 bits per heavy atom. The molecule has 15 heavy (non-hydrogen) atoms. The number of aliphatic hydroxyl groups is 1. The lowest BCUT2D eigenvalue weighted by molar-refractivity contribution is 0.131. The molecule has 2 unspecified atom stereocenters. The maximum atomic E-state index is 9.27. The first kappa shape index (κ1) is 12.3. The summed E-state index contributed by atoms with van der Waals surface area (Å²) in [5.41, 5.74) is -0.0408. The van der Waals surface area contributed by atoms with Crippen LogP contribution in [0.1, 0.15) is 39.0 Å². The highest BCUT2D eigenvalue weighted by atomic mass is 16.3. The zero-order valence-electron chi connectivity index (χ0n) is 9.79. The molecule has 3 nitrogen and oxygen atoms in total. The maximum Gasteiger partial charge on any atom is 0.120 e. The molecule has 86 valence electrons. The normalized spacial score (nSPS) is 17.3. The topological polar surface area (TPSA) is 45.4 Å². The average molecular weight is 211 g/mol. The second-order valence-electron chi connectivity index (χ2n) is 4.44. The summed E-state index contributed by atoms with van der Waals surface area (Å²) < 4.78 is 5.30. The van der Waals surface area contributed by atoms with E-state index in [1.54, 1.807) is 6.26 Å². The largest absolute Gasteiger partial charge is 0.468 e. The van der Waals surface area contributed by atoms with Crippen LogP contribution in [0.2, 0.25) is 0 Å². The van der Waals surface area contributed by atoms with Crippen LogP contribution in [-0.4, -0.2) is 18.3 Å². The highest BCUT2D eigenvalue weighted by molar-refractivity contribution is 5.03. The van der Waals surface area contributed by atoms with Crippen molar-refractivity contribution < 1.29 is 9.52 Å². The summed E-state index contributed by atoms with van der Waals surface area (Å²) in [5, 5.41) is 12.6. The molecule has 1 rings (SSSR count). The lowest BCUT2D eigenvalue weighted by atomic mass is 9.88. The number of hydrogen-bond acceptors (Lipinski definition) is 3. The first-order chi connectivity index (χ1) is 7.11. The molecule has 2 atom stereocenters. The van der Waals surface area contributed by atoms with Crippen LogP contribution in [0, 0.1) is 5.41 Å². The van der Waals surface area contributed by atoms with E-state index in [0.717, 1.165) is 18.7 Å². The Bertz CT molecular complexity index is 265. The molecule has 0 fully saturated rings. The molecule has 0 spiro atoms. The smallest absolute Gasteiger partial charge is 0.120 e. The van der Waals surface area contributed by atoms with Gasteiger partial charge in [0.25, 0.3) is 0 Å². The second-order valence-corrected chi connectivity index (χ2v) is 4.44.